The average Bonchev–Trinajstić information content (AvgIpc) is 2.31. The summed E-state index contributed by atoms with van der Waals surface area (Å²) in [5.74, 6) is 0.143. The predicted octanol–water partition coefficient (Wildman–Crippen LogP) is 3.06. The van der Waals surface area contributed by atoms with E-state index in [9.17, 15) is 5.11 Å². The lowest BCUT2D eigenvalue weighted by Gasteiger charge is -2.04. The normalized spacial score (nSPS) is 9.87. The van der Waals surface area contributed by atoms with Crippen LogP contribution in [0, 0.1) is 5.41 Å². The molecular weight excluding hydrogens is 186 g/mol. The van der Waals surface area contributed by atoms with Crippen LogP contribution < -0.4 is 0 Å². The Balaban J connectivity index is 2.51. The van der Waals surface area contributed by atoms with Crippen molar-refractivity contribution >= 4 is 6.21 Å². The molecule has 0 aliphatic rings. The summed E-state index contributed by atoms with van der Waals surface area (Å²) in [7, 11) is 0. The van der Waals surface area contributed by atoms with E-state index in [4.69, 9.17) is 5.41 Å². The Morgan fingerprint density at radius 3 is 2.33 bits per heavy atom. The molecule has 0 radical (unpaired) electrons. The van der Waals surface area contributed by atoms with Crippen LogP contribution in [0.15, 0.2) is 48.5 Å². The van der Waals surface area contributed by atoms with E-state index in [1.54, 1.807) is 12.1 Å². The maximum atomic E-state index is 9.43. The first-order valence-corrected chi connectivity index (χ1v) is 4.70. The average molecular weight is 197 g/mol. The summed E-state index contributed by atoms with van der Waals surface area (Å²) in [5, 5.41) is 16.6. The molecule has 0 saturated carbocycles. The number of hydrogen-bond donors (Lipinski definition) is 2. The second kappa shape index (κ2) is 3.96. The van der Waals surface area contributed by atoms with Crippen LogP contribution >= 0.6 is 0 Å². The van der Waals surface area contributed by atoms with Crippen LogP contribution in [-0.2, 0) is 0 Å². The second-order valence-electron chi connectivity index (χ2n) is 3.28. The molecule has 0 spiro atoms. The van der Waals surface area contributed by atoms with Crippen molar-refractivity contribution < 1.29 is 5.11 Å². The first-order chi connectivity index (χ1) is 7.31. The van der Waals surface area contributed by atoms with Crippen molar-refractivity contribution in [3.05, 3.63) is 54.1 Å². The Hall–Kier alpha value is -2.09. The highest BCUT2D eigenvalue weighted by atomic mass is 16.3. The Labute approximate surface area is 88.3 Å². The van der Waals surface area contributed by atoms with Gasteiger partial charge in [-0.15, -0.1) is 0 Å². The molecule has 0 aromatic heterocycles. The standard InChI is InChI=1S/C13H11NO/c14-9-12-8-11(6-7-13(12)15)10-4-2-1-3-5-10/h1-9,14-15H. The molecule has 2 N–H and O–H groups in total. The van der Waals surface area contributed by atoms with Crippen LogP contribution in [0.3, 0.4) is 0 Å². The van der Waals surface area contributed by atoms with Crippen molar-refractivity contribution in [3.63, 3.8) is 0 Å². The maximum absolute atomic E-state index is 9.43. The van der Waals surface area contributed by atoms with E-state index in [2.05, 4.69) is 0 Å². The number of benzene rings is 2. The van der Waals surface area contributed by atoms with E-state index >= 15 is 0 Å². The minimum absolute atomic E-state index is 0.143. The summed E-state index contributed by atoms with van der Waals surface area (Å²) >= 11 is 0. The van der Waals surface area contributed by atoms with Crippen LogP contribution in [0.4, 0.5) is 0 Å². The molecule has 0 atom stereocenters. The summed E-state index contributed by atoms with van der Waals surface area (Å²) in [6.45, 7) is 0. The van der Waals surface area contributed by atoms with Crippen LogP contribution in [-0.4, -0.2) is 11.3 Å². The SMILES string of the molecule is N=Cc1cc(-c2ccccc2)ccc1O. The maximum Gasteiger partial charge on any atom is 0.124 e. The molecule has 0 heterocycles. The van der Waals surface area contributed by atoms with Crippen molar-refractivity contribution in [1.82, 2.24) is 0 Å². The molecule has 0 aliphatic heterocycles. The number of hydrogen-bond acceptors (Lipinski definition) is 2. The van der Waals surface area contributed by atoms with Crippen molar-refractivity contribution in [2.45, 2.75) is 0 Å². The van der Waals surface area contributed by atoms with Crippen LogP contribution in [0.5, 0.6) is 5.75 Å². The molecule has 2 aromatic carbocycles. The predicted molar refractivity (Wildman–Crippen MR) is 61.4 cm³/mol. The summed E-state index contributed by atoms with van der Waals surface area (Å²) in [6.07, 6.45) is 1.15. The Kier molecular flexibility index (Phi) is 2.50. The highest BCUT2D eigenvalue weighted by Gasteiger charge is 2.01. The third kappa shape index (κ3) is 1.89. The van der Waals surface area contributed by atoms with E-state index in [1.165, 1.54) is 0 Å². The highest BCUT2D eigenvalue weighted by molar-refractivity contribution is 5.84. The van der Waals surface area contributed by atoms with Gasteiger partial charge in [-0.05, 0) is 23.3 Å². The van der Waals surface area contributed by atoms with Gasteiger partial charge in [0.25, 0.3) is 0 Å². The fraction of sp³-hybridized carbons (Fsp3) is 0. The van der Waals surface area contributed by atoms with Crippen LogP contribution in [0.1, 0.15) is 5.56 Å². The van der Waals surface area contributed by atoms with Gasteiger partial charge in [0, 0.05) is 11.8 Å². The number of nitrogens with one attached hydrogen (secondary N) is 1. The molecule has 0 amide bonds. The highest BCUT2D eigenvalue weighted by Crippen LogP contribution is 2.24. The first kappa shape index (κ1) is 9.46. The fourth-order valence-corrected chi connectivity index (χ4v) is 1.48. The number of rotatable bonds is 2. The van der Waals surface area contributed by atoms with Gasteiger partial charge in [-0.1, -0.05) is 36.4 Å². The van der Waals surface area contributed by atoms with Gasteiger partial charge < -0.3 is 10.5 Å². The Bertz CT molecular complexity index is 477. The lowest BCUT2D eigenvalue weighted by Crippen LogP contribution is -1.83. The molecule has 0 fully saturated rings. The van der Waals surface area contributed by atoms with E-state index in [1.807, 2.05) is 36.4 Å². The number of aromatic hydroxyl groups is 1. The van der Waals surface area contributed by atoms with Crippen molar-refractivity contribution in [2.75, 3.05) is 0 Å². The Morgan fingerprint density at radius 2 is 1.67 bits per heavy atom. The van der Waals surface area contributed by atoms with Gasteiger partial charge in [0.05, 0.1) is 0 Å². The summed E-state index contributed by atoms with van der Waals surface area (Å²) in [5.41, 5.74) is 2.63. The van der Waals surface area contributed by atoms with E-state index in [0.29, 0.717) is 5.56 Å². The third-order valence-corrected chi connectivity index (χ3v) is 2.29. The van der Waals surface area contributed by atoms with Gasteiger partial charge in [-0.2, -0.15) is 0 Å². The second-order valence-corrected chi connectivity index (χ2v) is 3.28. The fourth-order valence-electron chi connectivity index (χ4n) is 1.48. The molecular formula is C13H11NO. The lowest BCUT2D eigenvalue weighted by molar-refractivity contribution is 0.474. The Morgan fingerprint density at radius 1 is 0.933 bits per heavy atom. The molecule has 0 bridgehead atoms. The van der Waals surface area contributed by atoms with Gasteiger partial charge in [0.1, 0.15) is 5.75 Å². The van der Waals surface area contributed by atoms with Crippen molar-refractivity contribution in [1.29, 1.82) is 5.41 Å². The molecule has 2 rings (SSSR count). The molecule has 74 valence electrons. The van der Waals surface area contributed by atoms with Gasteiger partial charge in [0.2, 0.25) is 0 Å². The summed E-state index contributed by atoms with van der Waals surface area (Å²) in [6, 6.07) is 15.2. The smallest absolute Gasteiger partial charge is 0.124 e. The lowest BCUT2D eigenvalue weighted by atomic mass is 10.0. The largest absolute Gasteiger partial charge is 0.507 e. The first-order valence-electron chi connectivity index (χ1n) is 4.70. The number of phenolic OH excluding ortho intramolecular Hbond substituents is 1. The monoisotopic (exact) mass is 197 g/mol. The molecule has 2 nitrogen and oxygen atoms in total. The molecule has 2 heteroatoms. The third-order valence-electron chi connectivity index (χ3n) is 2.29. The van der Waals surface area contributed by atoms with E-state index in [-0.39, 0.29) is 5.75 Å². The molecule has 0 aliphatic carbocycles. The van der Waals surface area contributed by atoms with Gasteiger partial charge in [0.15, 0.2) is 0 Å². The van der Waals surface area contributed by atoms with E-state index < -0.39 is 0 Å². The van der Waals surface area contributed by atoms with Gasteiger partial charge in [-0.25, -0.2) is 0 Å². The van der Waals surface area contributed by atoms with Gasteiger partial charge >= 0.3 is 0 Å². The zero-order chi connectivity index (χ0) is 10.7. The van der Waals surface area contributed by atoms with Crippen molar-refractivity contribution in [3.8, 4) is 16.9 Å². The van der Waals surface area contributed by atoms with Crippen molar-refractivity contribution in [2.24, 2.45) is 0 Å². The topological polar surface area (TPSA) is 44.1 Å². The number of phenols is 1. The van der Waals surface area contributed by atoms with Gasteiger partial charge in [-0.3, -0.25) is 0 Å². The summed E-state index contributed by atoms with van der Waals surface area (Å²) in [4.78, 5) is 0. The summed E-state index contributed by atoms with van der Waals surface area (Å²) < 4.78 is 0. The molecule has 2 aromatic rings. The van der Waals surface area contributed by atoms with Crippen LogP contribution in [0.2, 0.25) is 0 Å². The zero-order valence-corrected chi connectivity index (χ0v) is 8.14. The molecule has 0 unspecified atom stereocenters. The zero-order valence-electron chi connectivity index (χ0n) is 8.14. The van der Waals surface area contributed by atoms with E-state index in [0.717, 1.165) is 17.3 Å². The molecule has 0 saturated heterocycles. The minimum Gasteiger partial charge on any atom is -0.507 e. The van der Waals surface area contributed by atoms with Crippen LogP contribution in [0.25, 0.3) is 11.1 Å². The molecule has 15 heavy (non-hydrogen) atoms. The minimum atomic E-state index is 0.143. The quantitative estimate of drug-likeness (QED) is 0.714.